The summed E-state index contributed by atoms with van der Waals surface area (Å²) in [5.41, 5.74) is 6.11. The van der Waals surface area contributed by atoms with E-state index in [4.69, 9.17) is 9.72 Å². The lowest BCUT2D eigenvalue weighted by molar-refractivity contribution is -0.113. The van der Waals surface area contributed by atoms with Crippen molar-refractivity contribution in [1.29, 1.82) is 0 Å². The predicted octanol–water partition coefficient (Wildman–Crippen LogP) is 6.71. The molecule has 1 amide bonds. The molecule has 7 heteroatoms. The number of carbonyl (C=O) groups is 1. The first-order valence-electron chi connectivity index (χ1n) is 13.9. The fraction of sp³-hybridized carbons (Fsp3) is 0.303. The molecule has 1 heterocycles. The van der Waals surface area contributed by atoms with Gasteiger partial charge in [-0.05, 0) is 61.6 Å². The maximum Gasteiger partial charge on any atom is 0.263 e. The van der Waals surface area contributed by atoms with Crippen LogP contribution in [0.4, 0.5) is 5.69 Å². The third-order valence-corrected chi connectivity index (χ3v) is 9.08. The van der Waals surface area contributed by atoms with Crippen LogP contribution in [0.15, 0.2) is 82.7 Å². The molecule has 204 valence electrons. The highest BCUT2D eigenvalue weighted by atomic mass is 32.2. The lowest BCUT2D eigenvalue weighted by atomic mass is 9.62. The number of hydrogen-bond donors (Lipinski definition) is 1. The molecule has 1 N–H and O–H groups in total. The van der Waals surface area contributed by atoms with Crippen molar-refractivity contribution < 1.29 is 9.53 Å². The number of ether oxygens (including phenoxy) is 1. The van der Waals surface area contributed by atoms with Crippen molar-refractivity contribution in [3.63, 3.8) is 0 Å². The molecule has 0 bridgehead atoms. The third kappa shape index (κ3) is 4.94. The van der Waals surface area contributed by atoms with Gasteiger partial charge in [-0.2, -0.15) is 0 Å². The van der Waals surface area contributed by atoms with Crippen LogP contribution < -0.4 is 15.6 Å². The van der Waals surface area contributed by atoms with Crippen LogP contribution in [-0.4, -0.2) is 28.3 Å². The van der Waals surface area contributed by atoms with Crippen LogP contribution in [-0.2, 0) is 16.6 Å². The molecule has 3 aromatic carbocycles. The van der Waals surface area contributed by atoms with Crippen molar-refractivity contribution in [3.05, 3.63) is 99.8 Å². The summed E-state index contributed by atoms with van der Waals surface area (Å²) in [7, 11) is 1.62. The molecule has 4 aromatic rings. The van der Waals surface area contributed by atoms with E-state index in [0.29, 0.717) is 16.6 Å². The second kappa shape index (κ2) is 11.0. The minimum atomic E-state index is -0.224. The second-order valence-corrected chi connectivity index (χ2v) is 11.8. The first kappa shape index (κ1) is 26.4. The van der Waals surface area contributed by atoms with Crippen LogP contribution in [0.2, 0.25) is 0 Å². The van der Waals surface area contributed by atoms with Gasteiger partial charge in [0.25, 0.3) is 5.56 Å². The van der Waals surface area contributed by atoms with Gasteiger partial charge in [0.2, 0.25) is 5.91 Å². The highest BCUT2D eigenvalue weighted by molar-refractivity contribution is 7.99. The second-order valence-electron chi connectivity index (χ2n) is 10.8. The van der Waals surface area contributed by atoms with E-state index in [-0.39, 0.29) is 22.6 Å². The van der Waals surface area contributed by atoms with Gasteiger partial charge in [0.15, 0.2) is 5.16 Å². The van der Waals surface area contributed by atoms with Crippen molar-refractivity contribution in [3.8, 4) is 22.7 Å². The maximum atomic E-state index is 14.7. The van der Waals surface area contributed by atoms with Crippen molar-refractivity contribution in [1.82, 2.24) is 9.55 Å². The monoisotopic (exact) mass is 551 g/mol. The Balaban J connectivity index is 1.48. The number of rotatable bonds is 6. The number of nitrogens with one attached hydrogen (secondary N) is 1. The van der Waals surface area contributed by atoms with Crippen molar-refractivity contribution in [2.24, 2.45) is 0 Å². The molecule has 1 fully saturated rings. The summed E-state index contributed by atoms with van der Waals surface area (Å²) in [6.45, 7) is 1.99. The maximum absolute atomic E-state index is 14.7. The number of nitrogens with zero attached hydrogens (tertiary/aromatic N) is 2. The summed E-state index contributed by atoms with van der Waals surface area (Å²) >= 11 is 1.28. The molecular formula is C33H33N3O3S. The average Bonchev–Trinajstić information content (AvgIpc) is 2.96. The molecule has 0 aliphatic heterocycles. The van der Waals surface area contributed by atoms with E-state index in [0.717, 1.165) is 60.2 Å². The van der Waals surface area contributed by atoms with Crippen molar-refractivity contribution in [2.75, 3.05) is 18.2 Å². The molecule has 40 heavy (non-hydrogen) atoms. The molecule has 0 atom stereocenters. The first-order valence-corrected chi connectivity index (χ1v) is 14.9. The molecular weight excluding hydrogens is 518 g/mol. The number of aromatic nitrogens is 2. The fourth-order valence-electron chi connectivity index (χ4n) is 6.31. The molecule has 0 unspecified atom stereocenters. The summed E-state index contributed by atoms with van der Waals surface area (Å²) in [5.74, 6) is 0.632. The number of aryl methyl sites for hydroxylation is 1. The predicted molar refractivity (Wildman–Crippen MR) is 161 cm³/mol. The highest BCUT2D eigenvalue weighted by Gasteiger charge is 2.43. The molecule has 6 rings (SSSR count). The van der Waals surface area contributed by atoms with E-state index in [1.54, 1.807) is 11.7 Å². The van der Waals surface area contributed by atoms with Crippen molar-refractivity contribution >= 4 is 23.4 Å². The van der Waals surface area contributed by atoms with Crippen LogP contribution in [0.3, 0.4) is 0 Å². The first-order chi connectivity index (χ1) is 19.5. The summed E-state index contributed by atoms with van der Waals surface area (Å²) < 4.78 is 7.18. The van der Waals surface area contributed by atoms with Crippen LogP contribution in [0, 0.1) is 6.92 Å². The van der Waals surface area contributed by atoms with E-state index in [2.05, 4.69) is 23.5 Å². The Labute approximate surface area is 238 Å². The highest BCUT2D eigenvalue weighted by Crippen LogP contribution is 2.49. The summed E-state index contributed by atoms with van der Waals surface area (Å²) in [6, 6.07) is 23.6. The molecule has 1 saturated carbocycles. The number of anilines is 1. The number of thioether (sulfide) groups is 1. The van der Waals surface area contributed by atoms with Gasteiger partial charge in [-0.25, -0.2) is 4.98 Å². The molecule has 0 saturated heterocycles. The minimum absolute atomic E-state index is 0.0451. The van der Waals surface area contributed by atoms with Crippen LogP contribution >= 0.6 is 11.8 Å². The number of fused-ring (bicyclic) bond motifs is 4. The van der Waals surface area contributed by atoms with Gasteiger partial charge in [-0.15, -0.1) is 0 Å². The Morgan fingerprint density at radius 1 is 1.02 bits per heavy atom. The Morgan fingerprint density at radius 3 is 2.62 bits per heavy atom. The minimum Gasteiger partial charge on any atom is -0.497 e. The van der Waals surface area contributed by atoms with E-state index in [1.807, 2.05) is 61.5 Å². The average molecular weight is 552 g/mol. The number of benzene rings is 3. The van der Waals surface area contributed by atoms with Gasteiger partial charge in [-0.3, -0.25) is 14.2 Å². The number of methoxy groups -OCH3 is 1. The molecule has 1 spiro atoms. The molecule has 2 aliphatic rings. The van der Waals surface area contributed by atoms with Crippen LogP contribution in [0.25, 0.3) is 16.9 Å². The molecule has 2 aliphatic carbocycles. The van der Waals surface area contributed by atoms with Crippen molar-refractivity contribution in [2.45, 2.75) is 56.0 Å². The Hall–Kier alpha value is -3.84. The summed E-state index contributed by atoms with van der Waals surface area (Å²) in [6.07, 6.45) is 6.23. The normalized spacial score (nSPS) is 15.2. The Bertz CT molecular complexity index is 1640. The smallest absolute Gasteiger partial charge is 0.263 e. The molecule has 6 nitrogen and oxygen atoms in total. The SMILES string of the molecule is COc1cccc(-n2c(SCC(=O)Nc3cccc(C)c3)nc3c(c2=O)C2(CCCCC2)Cc2ccccc2-3)c1. The zero-order chi connectivity index (χ0) is 27.7. The largest absolute Gasteiger partial charge is 0.497 e. The van der Waals surface area contributed by atoms with Gasteiger partial charge >= 0.3 is 0 Å². The van der Waals surface area contributed by atoms with Gasteiger partial charge in [0, 0.05) is 22.7 Å². The van der Waals surface area contributed by atoms with E-state index in [1.165, 1.54) is 23.7 Å². The van der Waals surface area contributed by atoms with Gasteiger partial charge in [-0.1, -0.05) is 73.5 Å². The van der Waals surface area contributed by atoms with E-state index in [9.17, 15) is 9.59 Å². The molecule has 0 radical (unpaired) electrons. The molecule has 1 aromatic heterocycles. The summed E-state index contributed by atoms with van der Waals surface area (Å²) in [5, 5.41) is 3.47. The quantitative estimate of drug-likeness (QED) is 0.213. The lowest BCUT2D eigenvalue weighted by Crippen LogP contribution is -2.43. The zero-order valence-electron chi connectivity index (χ0n) is 22.9. The van der Waals surface area contributed by atoms with E-state index >= 15 is 0 Å². The number of amides is 1. The van der Waals surface area contributed by atoms with Gasteiger partial charge in [0.1, 0.15) is 5.75 Å². The Morgan fingerprint density at radius 2 is 1.82 bits per heavy atom. The number of carbonyl (C=O) groups excluding carboxylic acids is 1. The van der Waals surface area contributed by atoms with Gasteiger partial charge < -0.3 is 10.1 Å². The third-order valence-electron chi connectivity index (χ3n) is 8.14. The zero-order valence-corrected chi connectivity index (χ0v) is 23.7. The van der Waals surface area contributed by atoms with Crippen LogP contribution in [0.5, 0.6) is 5.75 Å². The van der Waals surface area contributed by atoms with Gasteiger partial charge in [0.05, 0.1) is 29.8 Å². The summed E-state index contributed by atoms with van der Waals surface area (Å²) in [4.78, 5) is 32.8. The fourth-order valence-corrected chi connectivity index (χ4v) is 7.12. The standard InChI is InChI=1S/C33H33N3O3S/c1-22-10-8-12-24(18-22)34-28(37)21-40-32-35-30-27-15-5-4-11-23(27)20-33(16-6-3-7-17-33)29(30)31(38)36(32)25-13-9-14-26(19-25)39-2/h4-5,8-15,18-19H,3,6-7,16-17,20-21H2,1-2H3,(H,34,37). The Kier molecular flexibility index (Phi) is 7.24. The van der Waals surface area contributed by atoms with Crippen LogP contribution in [0.1, 0.15) is 48.8 Å². The van der Waals surface area contributed by atoms with E-state index < -0.39 is 0 Å². The number of hydrogen-bond acceptors (Lipinski definition) is 5. The lowest BCUT2D eigenvalue weighted by Gasteiger charge is -2.42. The topological polar surface area (TPSA) is 73.2 Å².